The second kappa shape index (κ2) is 5.58. The number of benzene rings is 1. The molecule has 1 aliphatic heterocycles. The Labute approximate surface area is 123 Å². The van der Waals surface area contributed by atoms with Gasteiger partial charge in [-0.05, 0) is 44.2 Å². The van der Waals surface area contributed by atoms with E-state index in [0.29, 0.717) is 19.4 Å². The van der Waals surface area contributed by atoms with Gasteiger partial charge in [0.05, 0.1) is 11.1 Å². The summed E-state index contributed by atoms with van der Waals surface area (Å²) >= 11 is 0. The molecule has 4 nitrogen and oxygen atoms in total. The molecular weight excluding hydrogens is 269 g/mol. The SMILES string of the molecule is CNCC1(O)CCN(c2ccnc3ccc(F)cc23)CC1. The number of likely N-dealkylation sites (N-methyl/N-ethyl adjacent to an activating group) is 1. The van der Waals surface area contributed by atoms with Crippen LogP contribution in [0.5, 0.6) is 0 Å². The topological polar surface area (TPSA) is 48.4 Å². The number of aromatic nitrogens is 1. The van der Waals surface area contributed by atoms with E-state index in [1.807, 2.05) is 13.1 Å². The average molecular weight is 289 g/mol. The third-order valence-electron chi connectivity index (χ3n) is 4.22. The average Bonchev–Trinajstić information content (AvgIpc) is 2.48. The van der Waals surface area contributed by atoms with Crippen molar-refractivity contribution in [3.8, 4) is 0 Å². The summed E-state index contributed by atoms with van der Waals surface area (Å²) in [7, 11) is 1.85. The van der Waals surface area contributed by atoms with Gasteiger partial charge in [-0.1, -0.05) is 0 Å². The van der Waals surface area contributed by atoms with E-state index >= 15 is 0 Å². The highest BCUT2D eigenvalue weighted by molar-refractivity contribution is 5.91. The zero-order valence-electron chi connectivity index (χ0n) is 12.1. The molecule has 0 aliphatic carbocycles. The van der Waals surface area contributed by atoms with E-state index in [1.165, 1.54) is 12.1 Å². The molecule has 1 aliphatic rings. The van der Waals surface area contributed by atoms with E-state index in [2.05, 4.69) is 15.2 Å². The maximum Gasteiger partial charge on any atom is 0.124 e. The molecule has 2 heterocycles. The van der Waals surface area contributed by atoms with Crippen LogP contribution in [0.1, 0.15) is 12.8 Å². The number of rotatable bonds is 3. The Morgan fingerprint density at radius 3 is 2.81 bits per heavy atom. The van der Waals surface area contributed by atoms with Crippen molar-refractivity contribution in [2.75, 3.05) is 31.6 Å². The van der Waals surface area contributed by atoms with Gasteiger partial charge in [0, 0.05) is 36.9 Å². The number of nitrogens with zero attached hydrogens (tertiary/aromatic N) is 2. The van der Waals surface area contributed by atoms with Crippen molar-refractivity contribution in [2.45, 2.75) is 18.4 Å². The van der Waals surface area contributed by atoms with E-state index < -0.39 is 5.60 Å². The van der Waals surface area contributed by atoms with Crippen LogP contribution in [0.2, 0.25) is 0 Å². The third-order valence-corrected chi connectivity index (χ3v) is 4.22. The Morgan fingerprint density at radius 1 is 1.33 bits per heavy atom. The molecule has 3 rings (SSSR count). The van der Waals surface area contributed by atoms with Crippen LogP contribution in [0.3, 0.4) is 0 Å². The highest BCUT2D eigenvalue weighted by Crippen LogP contribution is 2.30. The molecule has 2 aromatic rings. The molecule has 1 aromatic carbocycles. The number of hydrogen-bond acceptors (Lipinski definition) is 4. The second-order valence-electron chi connectivity index (χ2n) is 5.73. The minimum atomic E-state index is -0.640. The first-order chi connectivity index (χ1) is 10.1. The predicted molar refractivity (Wildman–Crippen MR) is 82.0 cm³/mol. The summed E-state index contributed by atoms with van der Waals surface area (Å²) in [5, 5.41) is 14.3. The van der Waals surface area contributed by atoms with Gasteiger partial charge in [0.15, 0.2) is 0 Å². The zero-order chi connectivity index (χ0) is 14.9. The molecule has 21 heavy (non-hydrogen) atoms. The Morgan fingerprint density at radius 2 is 2.10 bits per heavy atom. The van der Waals surface area contributed by atoms with Crippen molar-refractivity contribution in [3.05, 3.63) is 36.3 Å². The summed E-state index contributed by atoms with van der Waals surface area (Å²) in [6.07, 6.45) is 3.16. The maximum absolute atomic E-state index is 13.5. The third kappa shape index (κ3) is 2.84. The van der Waals surface area contributed by atoms with Gasteiger partial charge in [0.1, 0.15) is 5.82 Å². The van der Waals surface area contributed by atoms with Crippen LogP contribution in [0.4, 0.5) is 10.1 Å². The Hall–Kier alpha value is -1.72. The van der Waals surface area contributed by atoms with Gasteiger partial charge in [-0.3, -0.25) is 4.98 Å². The number of piperidine rings is 1. The summed E-state index contributed by atoms with van der Waals surface area (Å²) < 4.78 is 13.5. The highest BCUT2D eigenvalue weighted by Gasteiger charge is 2.32. The summed E-state index contributed by atoms with van der Waals surface area (Å²) in [6.45, 7) is 2.12. The van der Waals surface area contributed by atoms with E-state index in [-0.39, 0.29) is 5.82 Å². The Bertz CT molecular complexity index is 638. The molecule has 112 valence electrons. The highest BCUT2D eigenvalue weighted by atomic mass is 19.1. The van der Waals surface area contributed by atoms with E-state index in [9.17, 15) is 9.50 Å². The Balaban J connectivity index is 1.87. The van der Waals surface area contributed by atoms with Crippen molar-refractivity contribution < 1.29 is 9.50 Å². The van der Waals surface area contributed by atoms with Crippen molar-refractivity contribution in [1.29, 1.82) is 0 Å². The molecule has 2 N–H and O–H groups in total. The van der Waals surface area contributed by atoms with Crippen LogP contribution in [0.15, 0.2) is 30.5 Å². The number of nitrogens with one attached hydrogen (secondary N) is 1. The molecule has 5 heteroatoms. The van der Waals surface area contributed by atoms with Gasteiger partial charge in [-0.15, -0.1) is 0 Å². The van der Waals surface area contributed by atoms with Crippen molar-refractivity contribution in [1.82, 2.24) is 10.3 Å². The largest absolute Gasteiger partial charge is 0.388 e. The molecule has 0 radical (unpaired) electrons. The fourth-order valence-electron chi connectivity index (χ4n) is 3.05. The van der Waals surface area contributed by atoms with Crippen LogP contribution in [0, 0.1) is 5.82 Å². The van der Waals surface area contributed by atoms with E-state index in [0.717, 1.165) is 29.7 Å². The van der Waals surface area contributed by atoms with E-state index in [4.69, 9.17) is 0 Å². The lowest BCUT2D eigenvalue weighted by Crippen LogP contribution is -2.49. The zero-order valence-corrected chi connectivity index (χ0v) is 12.1. The number of anilines is 1. The minimum Gasteiger partial charge on any atom is -0.388 e. The monoisotopic (exact) mass is 289 g/mol. The van der Waals surface area contributed by atoms with Crippen LogP contribution in [-0.4, -0.2) is 42.4 Å². The smallest absolute Gasteiger partial charge is 0.124 e. The summed E-state index contributed by atoms with van der Waals surface area (Å²) in [6, 6.07) is 6.59. The number of halogens is 1. The molecule has 0 saturated carbocycles. The van der Waals surface area contributed by atoms with Crippen LogP contribution >= 0.6 is 0 Å². The van der Waals surface area contributed by atoms with Crippen LogP contribution in [-0.2, 0) is 0 Å². The van der Waals surface area contributed by atoms with Crippen molar-refractivity contribution in [2.24, 2.45) is 0 Å². The fraction of sp³-hybridized carbons (Fsp3) is 0.438. The van der Waals surface area contributed by atoms with Gasteiger partial charge in [-0.25, -0.2) is 4.39 Å². The first kappa shape index (κ1) is 14.2. The predicted octanol–water partition coefficient (Wildman–Crippen LogP) is 1.92. The maximum atomic E-state index is 13.5. The van der Waals surface area contributed by atoms with Gasteiger partial charge in [-0.2, -0.15) is 0 Å². The second-order valence-corrected chi connectivity index (χ2v) is 5.73. The quantitative estimate of drug-likeness (QED) is 0.906. The summed E-state index contributed by atoms with van der Waals surface area (Å²) in [5.41, 5.74) is 1.15. The molecule has 1 aromatic heterocycles. The van der Waals surface area contributed by atoms with Gasteiger partial charge < -0.3 is 15.3 Å². The molecule has 1 fully saturated rings. The number of fused-ring (bicyclic) bond motifs is 1. The van der Waals surface area contributed by atoms with Crippen molar-refractivity contribution >= 4 is 16.6 Å². The normalized spacial score (nSPS) is 18.1. The molecule has 0 amide bonds. The number of hydrogen-bond donors (Lipinski definition) is 2. The minimum absolute atomic E-state index is 0.250. The molecule has 0 spiro atoms. The standard InChI is InChI=1S/C16H20FN3O/c1-18-11-16(21)5-8-20(9-6-16)15-4-7-19-14-3-2-12(17)10-13(14)15/h2-4,7,10,18,21H,5-6,8-9,11H2,1H3. The lowest BCUT2D eigenvalue weighted by Gasteiger charge is -2.39. The van der Waals surface area contributed by atoms with Crippen molar-refractivity contribution in [3.63, 3.8) is 0 Å². The molecule has 1 saturated heterocycles. The molecule has 0 atom stereocenters. The summed E-state index contributed by atoms with van der Waals surface area (Å²) in [4.78, 5) is 6.49. The molecular formula is C16H20FN3O. The van der Waals surface area contributed by atoms with Gasteiger partial charge in [0.25, 0.3) is 0 Å². The van der Waals surface area contributed by atoms with Gasteiger partial charge in [0.2, 0.25) is 0 Å². The first-order valence-electron chi connectivity index (χ1n) is 7.27. The molecule has 0 unspecified atom stereocenters. The van der Waals surface area contributed by atoms with Crippen LogP contribution in [0.25, 0.3) is 10.9 Å². The van der Waals surface area contributed by atoms with Crippen LogP contribution < -0.4 is 10.2 Å². The summed E-state index contributed by atoms with van der Waals surface area (Å²) in [5.74, 6) is -0.250. The molecule has 0 bridgehead atoms. The Kier molecular flexibility index (Phi) is 3.78. The fourth-order valence-corrected chi connectivity index (χ4v) is 3.05. The number of aliphatic hydroxyl groups is 1. The van der Waals surface area contributed by atoms with Gasteiger partial charge >= 0.3 is 0 Å². The number of pyridine rings is 1. The van der Waals surface area contributed by atoms with E-state index in [1.54, 1.807) is 12.3 Å². The lowest BCUT2D eigenvalue weighted by atomic mass is 9.91. The lowest BCUT2D eigenvalue weighted by molar-refractivity contribution is 0.0185. The first-order valence-corrected chi connectivity index (χ1v) is 7.27.